The van der Waals surface area contributed by atoms with Crippen LogP contribution in [0.25, 0.3) is 0 Å². The molecule has 1 spiro atoms. The third kappa shape index (κ3) is 2.70. The van der Waals surface area contributed by atoms with Gasteiger partial charge in [-0.2, -0.15) is 0 Å². The number of carbonyl (C=O) groups is 3. The maximum absolute atomic E-state index is 13.8. The first-order valence-electron chi connectivity index (χ1n) is 11.5. The summed E-state index contributed by atoms with van der Waals surface area (Å²) >= 11 is 0. The molecule has 3 aliphatic heterocycles. The lowest BCUT2D eigenvalue weighted by molar-refractivity contribution is -0.145. The summed E-state index contributed by atoms with van der Waals surface area (Å²) in [6.07, 6.45) is 3.90. The van der Waals surface area contributed by atoms with Crippen LogP contribution in [0.2, 0.25) is 0 Å². The molecular formula is C25H25N3O5. The number of hydrogen-bond donors (Lipinski definition) is 4. The van der Waals surface area contributed by atoms with Gasteiger partial charge in [0, 0.05) is 23.3 Å². The standard InChI is InChI=1S/C25H25N3O5/c29-18-10-9-13(12-19(18)30)11-17-20-21(23(32)28(22(20)31)14-5-1-2-6-14)25(27-17)15-7-3-4-8-16(15)26-24(25)33/h3-4,7-10,12,14,17,20-21,27,29-30H,1-2,5-6,11H2,(H,26,33)/t17-,20-,21+,25-/m1/s1. The number of carbonyl (C=O) groups excluding carboxylic acids is 3. The molecule has 0 radical (unpaired) electrons. The van der Waals surface area contributed by atoms with E-state index in [-0.39, 0.29) is 35.3 Å². The van der Waals surface area contributed by atoms with Crippen LogP contribution >= 0.6 is 0 Å². The molecule has 3 heterocycles. The molecule has 3 amide bonds. The highest BCUT2D eigenvalue weighted by Gasteiger charge is 2.70. The van der Waals surface area contributed by atoms with E-state index >= 15 is 0 Å². The summed E-state index contributed by atoms with van der Waals surface area (Å²) in [7, 11) is 0. The molecule has 6 rings (SSSR count). The van der Waals surface area contributed by atoms with Crippen LogP contribution in [0.1, 0.15) is 36.8 Å². The monoisotopic (exact) mass is 447 g/mol. The van der Waals surface area contributed by atoms with Crippen molar-refractivity contribution < 1.29 is 24.6 Å². The quantitative estimate of drug-likeness (QED) is 0.422. The molecule has 2 aromatic rings. The summed E-state index contributed by atoms with van der Waals surface area (Å²) in [4.78, 5) is 42.4. The summed E-state index contributed by atoms with van der Waals surface area (Å²) in [6.45, 7) is 0. The molecule has 4 N–H and O–H groups in total. The first kappa shape index (κ1) is 20.2. The fourth-order valence-electron chi connectivity index (χ4n) is 6.43. The Labute approximate surface area is 190 Å². The fourth-order valence-corrected chi connectivity index (χ4v) is 6.43. The number of benzene rings is 2. The van der Waals surface area contributed by atoms with Crippen molar-refractivity contribution in [2.45, 2.75) is 49.7 Å². The van der Waals surface area contributed by atoms with Crippen LogP contribution in [-0.4, -0.2) is 44.9 Å². The van der Waals surface area contributed by atoms with Gasteiger partial charge in [-0.05, 0) is 43.0 Å². The molecule has 4 atom stereocenters. The Balaban J connectivity index is 1.46. The van der Waals surface area contributed by atoms with Gasteiger partial charge in [-0.1, -0.05) is 37.1 Å². The molecule has 8 nitrogen and oxygen atoms in total. The van der Waals surface area contributed by atoms with E-state index in [1.165, 1.54) is 17.0 Å². The van der Waals surface area contributed by atoms with E-state index in [2.05, 4.69) is 10.6 Å². The Bertz CT molecular complexity index is 1190. The fraction of sp³-hybridized carbons (Fsp3) is 0.400. The lowest BCUT2D eigenvalue weighted by Crippen LogP contribution is -2.54. The van der Waals surface area contributed by atoms with Gasteiger partial charge in [0.15, 0.2) is 11.5 Å². The molecular weight excluding hydrogens is 422 g/mol. The SMILES string of the molecule is O=C1[C@H]2[C@@H](C(=O)N1C1CCCC1)[C@@]1(N[C@@H]2Cc2ccc(O)c(O)c2)C(=O)Nc2ccccc21. The second kappa shape index (κ2) is 7.05. The zero-order valence-corrected chi connectivity index (χ0v) is 18.0. The number of phenols is 2. The van der Waals surface area contributed by atoms with Gasteiger partial charge in [-0.15, -0.1) is 0 Å². The van der Waals surface area contributed by atoms with Crippen molar-refractivity contribution >= 4 is 23.4 Å². The number of imide groups is 1. The summed E-state index contributed by atoms with van der Waals surface area (Å²) in [6, 6.07) is 11.2. The van der Waals surface area contributed by atoms with Crippen molar-refractivity contribution in [3.05, 3.63) is 53.6 Å². The molecule has 2 aromatic carbocycles. The average Bonchev–Trinajstić information content (AvgIpc) is 3.53. The number of nitrogens with one attached hydrogen (secondary N) is 2. The van der Waals surface area contributed by atoms with Gasteiger partial charge in [-0.3, -0.25) is 24.6 Å². The van der Waals surface area contributed by atoms with Gasteiger partial charge in [0.05, 0.1) is 11.8 Å². The minimum atomic E-state index is -1.31. The predicted molar refractivity (Wildman–Crippen MR) is 118 cm³/mol. The minimum absolute atomic E-state index is 0.106. The maximum Gasteiger partial charge on any atom is 0.250 e. The van der Waals surface area contributed by atoms with Crippen molar-refractivity contribution in [2.75, 3.05) is 5.32 Å². The largest absolute Gasteiger partial charge is 0.504 e. The van der Waals surface area contributed by atoms with Gasteiger partial charge >= 0.3 is 0 Å². The molecule has 8 heteroatoms. The highest BCUT2D eigenvalue weighted by Crippen LogP contribution is 2.54. The second-order valence-corrected chi connectivity index (χ2v) is 9.57. The van der Waals surface area contributed by atoms with E-state index in [0.717, 1.165) is 25.7 Å². The first-order valence-corrected chi connectivity index (χ1v) is 11.5. The Morgan fingerprint density at radius 3 is 2.48 bits per heavy atom. The number of anilines is 1. The molecule has 33 heavy (non-hydrogen) atoms. The number of para-hydroxylation sites is 1. The third-order valence-electron chi connectivity index (χ3n) is 7.84. The van der Waals surface area contributed by atoms with Gasteiger partial charge in [0.25, 0.3) is 0 Å². The lowest BCUT2D eigenvalue weighted by Gasteiger charge is -2.31. The van der Waals surface area contributed by atoms with E-state index in [1.54, 1.807) is 12.1 Å². The maximum atomic E-state index is 13.8. The minimum Gasteiger partial charge on any atom is -0.504 e. The number of fused-ring (bicyclic) bond motifs is 4. The predicted octanol–water partition coefficient (Wildman–Crippen LogP) is 2.00. The molecule has 4 aliphatic rings. The van der Waals surface area contributed by atoms with Crippen molar-refractivity contribution in [3.63, 3.8) is 0 Å². The normalized spacial score (nSPS) is 30.8. The van der Waals surface area contributed by atoms with Gasteiger partial charge in [0.2, 0.25) is 17.7 Å². The van der Waals surface area contributed by atoms with Crippen LogP contribution < -0.4 is 10.6 Å². The van der Waals surface area contributed by atoms with Crippen molar-refractivity contribution in [3.8, 4) is 11.5 Å². The zero-order valence-electron chi connectivity index (χ0n) is 18.0. The zero-order chi connectivity index (χ0) is 22.9. The summed E-state index contributed by atoms with van der Waals surface area (Å²) in [5, 5.41) is 25.9. The number of rotatable bonds is 3. The van der Waals surface area contributed by atoms with E-state index in [4.69, 9.17) is 0 Å². The Hall–Kier alpha value is -3.39. The van der Waals surface area contributed by atoms with Crippen LogP contribution in [-0.2, 0) is 26.3 Å². The van der Waals surface area contributed by atoms with Crippen molar-refractivity contribution in [2.24, 2.45) is 11.8 Å². The lowest BCUT2D eigenvalue weighted by atomic mass is 9.76. The Morgan fingerprint density at radius 1 is 0.970 bits per heavy atom. The van der Waals surface area contributed by atoms with E-state index < -0.39 is 23.4 Å². The van der Waals surface area contributed by atoms with Crippen LogP contribution in [0.4, 0.5) is 5.69 Å². The molecule has 2 saturated heterocycles. The van der Waals surface area contributed by atoms with E-state index in [9.17, 15) is 24.6 Å². The van der Waals surface area contributed by atoms with E-state index in [0.29, 0.717) is 23.2 Å². The molecule has 3 fully saturated rings. The second-order valence-electron chi connectivity index (χ2n) is 9.57. The topological polar surface area (TPSA) is 119 Å². The Morgan fingerprint density at radius 2 is 1.73 bits per heavy atom. The molecule has 170 valence electrons. The average molecular weight is 447 g/mol. The molecule has 1 aliphatic carbocycles. The number of nitrogens with zero attached hydrogens (tertiary/aromatic N) is 1. The molecule has 0 aromatic heterocycles. The smallest absolute Gasteiger partial charge is 0.250 e. The van der Waals surface area contributed by atoms with Gasteiger partial charge in [-0.25, -0.2) is 0 Å². The number of likely N-dealkylation sites (tertiary alicyclic amines) is 1. The number of aromatic hydroxyl groups is 2. The molecule has 0 bridgehead atoms. The van der Waals surface area contributed by atoms with Crippen LogP contribution in [0, 0.1) is 11.8 Å². The van der Waals surface area contributed by atoms with Crippen LogP contribution in [0.3, 0.4) is 0 Å². The highest BCUT2D eigenvalue weighted by atomic mass is 16.3. The van der Waals surface area contributed by atoms with Gasteiger partial charge < -0.3 is 15.5 Å². The Kier molecular flexibility index (Phi) is 4.32. The molecule has 1 saturated carbocycles. The first-order chi connectivity index (χ1) is 15.9. The van der Waals surface area contributed by atoms with E-state index in [1.807, 2.05) is 18.2 Å². The third-order valence-corrected chi connectivity index (χ3v) is 7.84. The number of hydrogen-bond acceptors (Lipinski definition) is 6. The number of amides is 3. The van der Waals surface area contributed by atoms with Crippen LogP contribution in [0.15, 0.2) is 42.5 Å². The highest BCUT2D eigenvalue weighted by molar-refractivity contribution is 6.15. The van der Waals surface area contributed by atoms with Crippen molar-refractivity contribution in [1.29, 1.82) is 0 Å². The summed E-state index contributed by atoms with van der Waals surface area (Å²) < 4.78 is 0. The van der Waals surface area contributed by atoms with Crippen molar-refractivity contribution in [1.82, 2.24) is 10.2 Å². The summed E-state index contributed by atoms with van der Waals surface area (Å²) in [5.41, 5.74) is 0.724. The van der Waals surface area contributed by atoms with Gasteiger partial charge in [0.1, 0.15) is 5.54 Å². The summed E-state index contributed by atoms with van der Waals surface area (Å²) in [5.74, 6) is -2.79. The molecule has 0 unspecified atom stereocenters. The van der Waals surface area contributed by atoms with Crippen LogP contribution in [0.5, 0.6) is 11.5 Å². The number of phenolic OH excluding ortho intramolecular Hbond substituents is 2.